The van der Waals surface area contributed by atoms with Gasteiger partial charge in [0.25, 0.3) is 0 Å². The molecule has 0 N–H and O–H groups in total. The summed E-state index contributed by atoms with van der Waals surface area (Å²) in [6.45, 7) is 0.403. The molecule has 0 fully saturated rings. The molecule has 17 heavy (non-hydrogen) atoms. The number of hydrogen-bond acceptors (Lipinski definition) is 6. The first-order valence-corrected chi connectivity index (χ1v) is 5.80. The van der Waals surface area contributed by atoms with E-state index in [2.05, 4.69) is 20.3 Å². The number of fused-ring (bicyclic) bond motifs is 1. The van der Waals surface area contributed by atoms with Gasteiger partial charge in [0.05, 0.1) is 0 Å². The Bertz CT molecular complexity index is 632. The Morgan fingerprint density at radius 3 is 2.88 bits per heavy atom. The molecule has 3 rings (SSSR count). The number of methoxy groups -OCH3 is 1. The fourth-order valence-electron chi connectivity index (χ4n) is 1.49. The Morgan fingerprint density at radius 2 is 2.12 bits per heavy atom. The number of aromatic nitrogens is 5. The maximum Gasteiger partial charge on any atom is 0.235 e. The number of hydrogen-bond donors (Lipinski definition) is 0. The SMILES string of the molecule is COCc1nnc2sc(-c3ccncc3)nn12. The topological polar surface area (TPSA) is 65.2 Å². The molecular formula is C10H9N5OS. The molecule has 3 aromatic rings. The van der Waals surface area contributed by atoms with Crippen LogP contribution in [0.2, 0.25) is 0 Å². The molecule has 0 atom stereocenters. The average Bonchev–Trinajstić information content (AvgIpc) is 2.93. The van der Waals surface area contributed by atoms with Crippen LogP contribution in [0.4, 0.5) is 0 Å². The lowest BCUT2D eigenvalue weighted by molar-refractivity contribution is 0.176. The van der Waals surface area contributed by atoms with E-state index in [4.69, 9.17) is 4.74 Å². The fourth-order valence-corrected chi connectivity index (χ4v) is 2.35. The third-order valence-corrected chi connectivity index (χ3v) is 3.20. The summed E-state index contributed by atoms with van der Waals surface area (Å²) < 4.78 is 6.75. The van der Waals surface area contributed by atoms with Crippen LogP contribution in [-0.2, 0) is 11.3 Å². The second kappa shape index (κ2) is 4.19. The molecule has 6 nitrogen and oxygen atoms in total. The van der Waals surface area contributed by atoms with Gasteiger partial charge in [-0.15, -0.1) is 10.2 Å². The standard InChI is InChI=1S/C10H9N5OS/c1-16-6-8-12-13-10-15(8)14-9(17-10)7-2-4-11-5-3-7/h2-5H,6H2,1H3. The first-order chi connectivity index (χ1) is 8.38. The molecule has 7 heteroatoms. The van der Waals surface area contributed by atoms with Crippen LogP contribution < -0.4 is 0 Å². The molecule has 86 valence electrons. The molecule has 0 aromatic carbocycles. The van der Waals surface area contributed by atoms with Crippen molar-refractivity contribution in [1.29, 1.82) is 0 Å². The van der Waals surface area contributed by atoms with E-state index in [-0.39, 0.29) is 0 Å². The van der Waals surface area contributed by atoms with Crippen molar-refractivity contribution in [1.82, 2.24) is 24.8 Å². The largest absolute Gasteiger partial charge is 0.377 e. The van der Waals surface area contributed by atoms with Gasteiger partial charge in [0.2, 0.25) is 4.96 Å². The lowest BCUT2D eigenvalue weighted by Gasteiger charge is -1.94. The number of ether oxygens (including phenoxy) is 1. The third kappa shape index (κ3) is 1.79. The van der Waals surface area contributed by atoms with Crippen molar-refractivity contribution < 1.29 is 4.74 Å². The van der Waals surface area contributed by atoms with Gasteiger partial charge in [-0.05, 0) is 12.1 Å². The first-order valence-electron chi connectivity index (χ1n) is 4.99. The second-order valence-electron chi connectivity index (χ2n) is 3.39. The highest BCUT2D eigenvalue weighted by molar-refractivity contribution is 7.19. The maximum atomic E-state index is 5.04. The Hall–Kier alpha value is -1.86. The molecule has 3 heterocycles. The van der Waals surface area contributed by atoms with Gasteiger partial charge in [0.1, 0.15) is 11.6 Å². The van der Waals surface area contributed by atoms with Gasteiger partial charge in [-0.2, -0.15) is 9.61 Å². The molecule has 0 amide bonds. The zero-order chi connectivity index (χ0) is 11.7. The van der Waals surface area contributed by atoms with Crippen molar-refractivity contribution in [3.8, 4) is 10.6 Å². The van der Waals surface area contributed by atoms with Crippen LogP contribution in [0.1, 0.15) is 5.82 Å². The van der Waals surface area contributed by atoms with Crippen LogP contribution >= 0.6 is 11.3 Å². The Labute approximate surface area is 101 Å². The number of nitrogens with zero attached hydrogens (tertiary/aromatic N) is 5. The normalized spacial score (nSPS) is 11.1. The maximum absolute atomic E-state index is 5.04. The number of rotatable bonds is 3. The summed E-state index contributed by atoms with van der Waals surface area (Å²) in [7, 11) is 1.62. The van der Waals surface area contributed by atoms with Gasteiger partial charge < -0.3 is 4.74 Å². The molecule has 0 unspecified atom stereocenters. The monoisotopic (exact) mass is 247 g/mol. The minimum absolute atomic E-state index is 0.403. The summed E-state index contributed by atoms with van der Waals surface area (Å²) in [5.74, 6) is 0.707. The molecular weight excluding hydrogens is 238 g/mol. The second-order valence-corrected chi connectivity index (χ2v) is 4.34. The van der Waals surface area contributed by atoms with Crippen molar-refractivity contribution in [2.24, 2.45) is 0 Å². The van der Waals surface area contributed by atoms with Crippen molar-refractivity contribution in [2.75, 3.05) is 7.11 Å². The van der Waals surface area contributed by atoms with E-state index >= 15 is 0 Å². The Balaban J connectivity index is 2.08. The summed E-state index contributed by atoms with van der Waals surface area (Å²) in [5.41, 5.74) is 1.03. The zero-order valence-corrected chi connectivity index (χ0v) is 9.89. The molecule has 3 aromatic heterocycles. The third-order valence-electron chi connectivity index (χ3n) is 2.26. The minimum Gasteiger partial charge on any atom is -0.377 e. The van der Waals surface area contributed by atoms with Gasteiger partial charge >= 0.3 is 0 Å². The summed E-state index contributed by atoms with van der Waals surface area (Å²) in [4.78, 5) is 4.75. The van der Waals surface area contributed by atoms with Crippen molar-refractivity contribution >= 4 is 16.3 Å². The fraction of sp³-hybridized carbons (Fsp3) is 0.200. The van der Waals surface area contributed by atoms with E-state index < -0.39 is 0 Å². The lowest BCUT2D eigenvalue weighted by Crippen LogP contribution is -1.97. The van der Waals surface area contributed by atoms with E-state index in [1.54, 1.807) is 24.0 Å². The van der Waals surface area contributed by atoms with Gasteiger partial charge in [-0.25, -0.2) is 0 Å². The summed E-state index contributed by atoms with van der Waals surface area (Å²) in [6, 6.07) is 3.84. The predicted octanol–water partition coefficient (Wildman–Crippen LogP) is 1.39. The van der Waals surface area contributed by atoms with E-state index in [9.17, 15) is 0 Å². The molecule has 0 saturated carbocycles. The van der Waals surface area contributed by atoms with Gasteiger partial charge in [0.15, 0.2) is 5.82 Å². The highest BCUT2D eigenvalue weighted by Crippen LogP contribution is 2.24. The van der Waals surface area contributed by atoms with Gasteiger partial charge in [0, 0.05) is 25.1 Å². The molecule has 0 aliphatic heterocycles. The van der Waals surface area contributed by atoms with Crippen LogP contribution in [0.15, 0.2) is 24.5 Å². The van der Waals surface area contributed by atoms with Crippen LogP contribution in [0, 0.1) is 0 Å². The average molecular weight is 247 g/mol. The summed E-state index contributed by atoms with van der Waals surface area (Å²) >= 11 is 1.49. The minimum atomic E-state index is 0.403. The smallest absolute Gasteiger partial charge is 0.235 e. The Kier molecular flexibility index (Phi) is 2.54. The summed E-state index contributed by atoms with van der Waals surface area (Å²) in [6.07, 6.45) is 3.49. The quantitative estimate of drug-likeness (QED) is 0.699. The van der Waals surface area contributed by atoms with Gasteiger partial charge in [-0.1, -0.05) is 11.3 Å². The van der Waals surface area contributed by atoms with E-state index in [1.807, 2.05) is 12.1 Å². The molecule has 0 radical (unpaired) electrons. The van der Waals surface area contributed by atoms with Crippen LogP contribution in [0.5, 0.6) is 0 Å². The highest BCUT2D eigenvalue weighted by atomic mass is 32.1. The van der Waals surface area contributed by atoms with Crippen LogP contribution in [0.3, 0.4) is 0 Å². The van der Waals surface area contributed by atoms with Crippen LogP contribution in [-0.4, -0.2) is 31.9 Å². The van der Waals surface area contributed by atoms with Crippen LogP contribution in [0.25, 0.3) is 15.5 Å². The van der Waals surface area contributed by atoms with E-state index in [0.717, 1.165) is 15.5 Å². The lowest BCUT2D eigenvalue weighted by atomic mass is 10.3. The van der Waals surface area contributed by atoms with E-state index in [0.29, 0.717) is 12.4 Å². The van der Waals surface area contributed by atoms with Crippen molar-refractivity contribution in [3.63, 3.8) is 0 Å². The molecule has 0 aliphatic rings. The predicted molar refractivity (Wildman–Crippen MR) is 62.6 cm³/mol. The van der Waals surface area contributed by atoms with Crippen molar-refractivity contribution in [3.05, 3.63) is 30.4 Å². The molecule has 0 bridgehead atoms. The molecule has 0 spiro atoms. The first kappa shape index (κ1) is 10.3. The van der Waals surface area contributed by atoms with Gasteiger partial charge in [-0.3, -0.25) is 4.98 Å². The Morgan fingerprint density at radius 1 is 1.29 bits per heavy atom. The number of pyridine rings is 1. The highest BCUT2D eigenvalue weighted by Gasteiger charge is 2.12. The summed E-state index contributed by atoms with van der Waals surface area (Å²) in [5, 5.41) is 13.4. The van der Waals surface area contributed by atoms with E-state index in [1.165, 1.54) is 11.3 Å². The molecule has 0 aliphatic carbocycles. The molecule has 0 saturated heterocycles. The zero-order valence-electron chi connectivity index (χ0n) is 9.07. The van der Waals surface area contributed by atoms with Crippen molar-refractivity contribution in [2.45, 2.75) is 6.61 Å².